The van der Waals surface area contributed by atoms with Gasteiger partial charge in [-0.1, -0.05) is 24.3 Å². The fourth-order valence-corrected chi connectivity index (χ4v) is 4.75. The van der Waals surface area contributed by atoms with Crippen molar-refractivity contribution in [3.63, 3.8) is 0 Å². The van der Waals surface area contributed by atoms with E-state index in [4.69, 9.17) is 0 Å². The number of carbonyl (C=O) groups is 2. The fourth-order valence-electron chi connectivity index (χ4n) is 4.75. The minimum atomic E-state index is -0.687. The monoisotopic (exact) mass is 456 g/mol. The molecule has 174 valence electrons. The van der Waals surface area contributed by atoms with Crippen molar-refractivity contribution < 1.29 is 19.8 Å². The molecule has 0 radical (unpaired) electrons. The van der Waals surface area contributed by atoms with Gasteiger partial charge in [0.25, 0.3) is 5.91 Å². The summed E-state index contributed by atoms with van der Waals surface area (Å²) in [4.78, 5) is 27.7. The first-order valence-electron chi connectivity index (χ1n) is 11.7. The summed E-state index contributed by atoms with van der Waals surface area (Å²) >= 11 is 0. The van der Waals surface area contributed by atoms with Crippen molar-refractivity contribution in [2.24, 2.45) is 0 Å². The zero-order chi connectivity index (χ0) is 23.9. The molecule has 0 spiro atoms. The number of nitrogens with one attached hydrogen (secondary N) is 1. The third kappa shape index (κ3) is 4.00. The van der Waals surface area contributed by atoms with Crippen LogP contribution in [-0.4, -0.2) is 40.0 Å². The number of aryl methyl sites for hydroxylation is 1. The third-order valence-electron chi connectivity index (χ3n) is 7.04. The van der Waals surface area contributed by atoms with Crippen LogP contribution in [0.2, 0.25) is 0 Å². The van der Waals surface area contributed by atoms with Gasteiger partial charge in [0.15, 0.2) is 11.5 Å². The second-order valence-corrected chi connectivity index (χ2v) is 9.35. The van der Waals surface area contributed by atoms with E-state index in [0.717, 1.165) is 42.6 Å². The maximum absolute atomic E-state index is 13.2. The van der Waals surface area contributed by atoms with Gasteiger partial charge in [0.2, 0.25) is 5.91 Å². The smallest absolute Gasteiger partial charge is 0.253 e. The van der Waals surface area contributed by atoms with E-state index in [9.17, 15) is 19.8 Å². The lowest BCUT2D eigenvalue weighted by atomic mass is 9.94. The Labute approximate surface area is 198 Å². The summed E-state index contributed by atoms with van der Waals surface area (Å²) in [6, 6.07) is 18.0. The summed E-state index contributed by atoms with van der Waals surface area (Å²) in [5, 5.41) is 22.5. The number of benzene rings is 3. The van der Waals surface area contributed by atoms with Crippen LogP contribution in [0.25, 0.3) is 11.1 Å². The molecular weight excluding hydrogens is 428 g/mol. The number of likely N-dealkylation sites (tertiary alicyclic amines) is 1. The number of nitrogens with zero attached hydrogens (tertiary/aromatic N) is 1. The van der Waals surface area contributed by atoms with Gasteiger partial charge in [0, 0.05) is 24.3 Å². The van der Waals surface area contributed by atoms with E-state index in [2.05, 4.69) is 5.32 Å². The zero-order valence-electron chi connectivity index (χ0n) is 19.2. The Morgan fingerprint density at radius 2 is 1.59 bits per heavy atom. The second-order valence-electron chi connectivity index (χ2n) is 9.35. The molecule has 0 unspecified atom stereocenters. The molecule has 1 aliphatic carbocycles. The Balaban J connectivity index is 1.35. The summed E-state index contributed by atoms with van der Waals surface area (Å²) in [7, 11) is 0. The third-order valence-corrected chi connectivity index (χ3v) is 7.04. The van der Waals surface area contributed by atoms with Crippen molar-refractivity contribution in [3.8, 4) is 22.6 Å². The molecule has 0 atom stereocenters. The highest BCUT2D eigenvalue weighted by molar-refractivity contribution is 6.02. The van der Waals surface area contributed by atoms with Gasteiger partial charge >= 0.3 is 0 Å². The molecule has 3 N–H and O–H groups in total. The molecule has 0 aromatic heterocycles. The van der Waals surface area contributed by atoms with Crippen LogP contribution in [0, 0.1) is 6.92 Å². The molecule has 6 heteroatoms. The highest BCUT2D eigenvalue weighted by atomic mass is 16.3. The van der Waals surface area contributed by atoms with Crippen LogP contribution in [-0.2, 0) is 10.2 Å². The van der Waals surface area contributed by atoms with E-state index < -0.39 is 5.41 Å². The van der Waals surface area contributed by atoms with Gasteiger partial charge in [-0.3, -0.25) is 9.59 Å². The molecular formula is C28H28N2O4. The predicted octanol–water partition coefficient (Wildman–Crippen LogP) is 4.98. The van der Waals surface area contributed by atoms with Crippen LogP contribution in [0.4, 0.5) is 5.69 Å². The van der Waals surface area contributed by atoms with E-state index in [0.29, 0.717) is 29.7 Å². The molecule has 5 rings (SSSR count). The van der Waals surface area contributed by atoms with Crippen molar-refractivity contribution >= 4 is 17.5 Å². The maximum Gasteiger partial charge on any atom is 0.253 e. The molecule has 2 fully saturated rings. The summed E-state index contributed by atoms with van der Waals surface area (Å²) in [6.45, 7) is 3.67. The van der Waals surface area contributed by atoms with Gasteiger partial charge in [-0.25, -0.2) is 0 Å². The standard InChI is InChI=1S/C28H28N2O4/c1-18-4-10-22(29-27(34)28(12-13-28)21-9-11-24(31)25(32)16-21)17-23(18)19-5-7-20(8-6-19)26(33)30-14-2-3-15-30/h4-11,16-17,31-32H,2-3,12-15H2,1H3,(H,29,34). The molecule has 3 aromatic rings. The number of hydrogen-bond donors (Lipinski definition) is 3. The summed E-state index contributed by atoms with van der Waals surface area (Å²) in [5.41, 5.74) is 4.44. The van der Waals surface area contributed by atoms with E-state index >= 15 is 0 Å². The highest BCUT2D eigenvalue weighted by Gasteiger charge is 2.51. The number of carbonyl (C=O) groups excluding carboxylic acids is 2. The van der Waals surface area contributed by atoms with Crippen LogP contribution < -0.4 is 5.32 Å². The zero-order valence-corrected chi connectivity index (χ0v) is 19.2. The fraction of sp³-hybridized carbons (Fsp3) is 0.286. The second kappa shape index (κ2) is 8.52. The topological polar surface area (TPSA) is 89.9 Å². The maximum atomic E-state index is 13.2. The average Bonchev–Trinajstić information content (AvgIpc) is 3.48. The van der Waals surface area contributed by atoms with Crippen LogP contribution in [0.3, 0.4) is 0 Å². The van der Waals surface area contributed by atoms with E-state index in [-0.39, 0.29) is 23.3 Å². The number of anilines is 1. The van der Waals surface area contributed by atoms with Crippen molar-refractivity contribution in [1.29, 1.82) is 0 Å². The quantitative estimate of drug-likeness (QED) is 0.473. The number of phenols is 2. The molecule has 2 aliphatic rings. The molecule has 1 heterocycles. The molecule has 3 aromatic carbocycles. The Bertz CT molecular complexity index is 1260. The SMILES string of the molecule is Cc1ccc(NC(=O)C2(c3ccc(O)c(O)c3)CC2)cc1-c1ccc(C(=O)N2CCCC2)cc1. The molecule has 1 saturated carbocycles. The number of amides is 2. The lowest BCUT2D eigenvalue weighted by Gasteiger charge is -2.18. The largest absolute Gasteiger partial charge is 0.504 e. The lowest BCUT2D eigenvalue weighted by Crippen LogP contribution is -2.27. The van der Waals surface area contributed by atoms with Gasteiger partial charge in [0.1, 0.15) is 0 Å². The number of hydrogen-bond acceptors (Lipinski definition) is 4. The van der Waals surface area contributed by atoms with Crippen LogP contribution in [0.15, 0.2) is 60.7 Å². The van der Waals surface area contributed by atoms with Crippen molar-refractivity contribution in [2.45, 2.75) is 38.0 Å². The molecule has 2 amide bonds. The highest BCUT2D eigenvalue weighted by Crippen LogP contribution is 2.50. The van der Waals surface area contributed by atoms with Crippen molar-refractivity contribution in [1.82, 2.24) is 4.90 Å². The first-order valence-corrected chi connectivity index (χ1v) is 11.7. The summed E-state index contributed by atoms with van der Waals surface area (Å²) < 4.78 is 0. The minimum Gasteiger partial charge on any atom is -0.504 e. The molecule has 1 saturated heterocycles. The van der Waals surface area contributed by atoms with Crippen LogP contribution in [0.1, 0.15) is 47.2 Å². The van der Waals surface area contributed by atoms with Crippen molar-refractivity contribution in [3.05, 3.63) is 77.4 Å². The minimum absolute atomic E-state index is 0.0804. The lowest BCUT2D eigenvalue weighted by molar-refractivity contribution is -0.118. The number of rotatable bonds is 5. The van der Waals surface area contributed by atoms with E-state index in [1.807, 2.05) is 54.3 Å². The van der Waals surface area contributed by atoms with Gasteiger partial charge in [0.05, 0.1) is 5.41 Å². The molecule has 0 bridgehead atoms. The predicted molar refractivity (Wildman–Crippen MR) is 131 cm³/mol. The first-order chi connectivity index (χ1) is 16.4. The first kappa shape index (κ1) is 22.0. The average molecular weight is 457 g/mol. The normalized spacial score (nSPS) is 16.3. The van der Waals surface area contributed by atoms with E-state index in [1.165, 1.54) is 12.1 Å². The Hall–Kier alpha value is -3.80. The van der Waals surface area contributed by atoms with Gasteiger partial charge in [-0.15, -0.1) is 0 Å². The number of aromatic hydroxyl groups is 2. The van der Waals surface area contributed by atoms with Crippen LogP contribution >= 0.6 is 0 Å². The molecule has 6 nitrogen and oxygen atoms in total. The summed E-state index contributed by atoms with van der Waals surface area (Å²) in [5.74, 6) is -0.465. The molecule has 34 heavy (non-hydrogen) atoms. The van der Waals surface area contributed by atoms with E-state index in [1.54, 1.807) is 6.07 Å². The Morgan fingerprint density at radius 1 is 0.882 bits per heavy atom. The van der Waals surface area contributed by atoms with Gasteiger partial charge in [-0.05, 0) is 91.3 Å². The Kier molecular flexibility index (Phi) is 5.52. The van der Waals surface area contributed by atoms with Gasteiger partial charge in [-0.2, -0.15) is 0 Å². The van der Waals surface area contributed by atoms with Crippen molar-refractivity contribution in [2.75, 3.05) is 18.4 Å². The summed E-state index contributed by atoms with van der Waals surface area (Å²) in [6.07, 6.45) is 3.51. The van der Waals surface area contributed by atoms with Crippen LogP contribution in [0.5, 0.6) is 11.5 Å². The molecule has 1 aliphatic heterocycles. The van der Waals surface area contributed by atoms with Gasteiger partial charge < -0.3 is 20.4 Å². The number of phenolic OH excluding ortho intramolecular Hbond substituents is 2. The Morgan fingerprint density at radius 3 is 2.24 bits per heavy atom.